The van der Waals surface area contributed by atoms with Gasteiger partial charge in [0.1, 0.15) is 0 Å². The van der Waals surface area contributed by atoms with E-state index >= 15 is 0 Å². The molecule has 0 aromatic heterocycles. The molecule has 1 aliphatic rings. The molecule has 0 radical (unpaired) electrons. The number of nitrogens with zero attached hydrogens (tertiary/aromatic N) is 1. The Morgan fingerprint density at radius 1 is 1.14 bits per heavy atom. The smallest absolute Gasteiger partial charge is 0.164 e. The van der Waals surface area contributed by atoms with Crippen LogP contribution in [0.25, 0.3) is 0 Å². The Morgan fingerprint density at radius 3 is 2.24 bits per heavy atom. The van der Waals surface area contributed by atoms with Crippen molar-refractivity contribution in [2.75, 3.05) is 34.4 Å². The second kappa shape index (κ2) is 5.85. The van der Waals surface area contributed by atoms with Gasteiger partial charge < -0.3 is 19.5 Å². The van der Waals surface area contributed by atoms with Crippen LogP contribution < -0.4 is 9.47 Å². The maximum atomic E-state index is 10.9. The summed E-state index contributed by atoms with van der Waals surface area (Å²) < 4.78 is 11.0. The van der Waals surface area contributed by atoms with Gasteiger partial charge in [-0.2, -0.15) is 0 Å². The Kier molecular flexibility index (Phi) is 4.49. The monoisotopic (exact) mass is 293 g/mol. The van der Waals surface area contributed by atoms with Gasteiger partial charge in [0.05, 0.1) is 19.8 Å². The van der Waals surface area contributed by atoms with Crippen LogP contribution in [0.1, 0.15) is 32.3 Å². The van der Waals surface area contributed by atoms with E-state index in [1.54, 1.807) is 14.2 Å². The largest absolute Gasteiger partial charge is 0.493 e. The average molecular weight is 293 g/mol. The van der Waals surface area contributed by atoms with E-state index in [2.05, 4.69) is 18.0 Å². The molecule has 1 aliphatic heterocycles. The molecule has 0 aliphatic carbocycles. The molecule has 4 nitrogen and oxygen atoms in total. The highest BCUT2D eigenvalue weighted by atomic mass is 16.5. The number of aliphatic hydroxyl groups is 1. The Labute approximate surface area is 127 Å². The second-order valence-electron chi connectivity index (χ2n) is 6.49. The summed E-state index contributed by atoms with van der Waals surface area (Å²) in [6, 6.07) is 5.93. The number of piperidine rings is 1. The van der Waals surface area contributed by atoms with Crippen LogP contribution in [0.15, 0.2) is 18.2 Å². The van der Waals surface area contributed by atoms with Crippen LogP contribution in [0.5, 0.6) is 11.5 Å². The molecule has 1 heterocycles. The third kappa shape index (κ3) is 2.74. The fourth-order valence-corrected chi connectivity index (χ4v) is 3.47. The van der Waals surface area contributed by atoms with Gasteiger partial charge in [0, 0.05) is 11.0 Å². The van der Waals surface area contributed by atoms with Crippen LogP contribution in [0.4, 0.5) is 0 Å². The molecule has 21 heavy (non-hydrogen) atoms. The Bertz CT molecular complexity index is 485. The third-order valence-electron chi connectivity index (χ3n) is 4.93. The molecule has 2 rings (SSSR count). The SMILES string of the molecule is COc1cccc(C2(C(C)(C)O)CCN(C)CC2)c1OC. The van der Waals surface area contributed by atoms with E-state index in [-0.39, 0.29) is 5.41 Å². The molecule has 1 aromatic carbocycles. The van der Waals surface area contributed by atoms with Crippen molar-refractivity contribution in [1.29, 1.82) is 0 Å². The zero-order chi connectivity index (χ0) is 15.7. The minimum Gasteiger partial charge on any atom is -0.493 e. The summed E-state index contributed by atoms with van der Waals surface area (Å²) in [5.41, 5.74) is -0.0993. The van der Waals surface area contributed by atoms with Gasteiger partial charge in [0.15, 0.2) is 11.5 Å². The number of para-hydroxylation sites is 1. The topological polar surface area (TPSA) is 41.9 Å². The maximum Gasteiger partial charge on any atom is 0.164 e. The number of rotatable bonds is 4. The Hall–Kier alpha value is -1.26. The number of benzene rings is 1. The zero-order valence-electron chi connectivity index (χ0n) is 13.8. The first-order valence-corrected chi connectivity index (χ1v) is 7.48. The van der Waals surface area contributed by atoms with E-state index in [0.717, 1.165) is 43.0 Å². The molecule has 1 aromatic rings. The lowest BCUT2D eigenvalue weighted by atomic mass is 9.63. The average Bonchev–Trinajstić information content (AvgIpc) is 2.46. The summed E-state index contributed by atoms with van der Waals surface area (Å²) in [6.45, 7) is 5.73. The van der Waals surface area contributed by atoms with Crippen molar-refractivity contribution in [3.8, 4) is 11.5 Å². The molecule has 0 bridgehead atoms. The van der Waals surface area contributed by atoms with Crippen LogP contribution in [-0.4, -0.2) is 50.0 Å². The number of hydrogen-bond acceptors (Lipinski definition) is 4. The quantitative estimate of drug-likeness (QED) is 0.926. The lowest BCUT2D eigenvalue weighted by Crippen LogP contribution is -2.53. The fraction of sp³-hybridized carbons (Fsp3) is 0.647. The van der Waals surface area contributed by atoms with E-state index < -0.39 is 5.60 Å². The van der Waals surface area contributed by atoms with Crippen molar-refractivity contribution in [1.82, 2.24) is 4.90 Å². The second-order valence-corrected chi connectivity index (χ2v) is 6.49. The Morgan fingerprint density at radius 2 is 1.76 bits per heavy atom. The summed E-state index contributed by atoms with van der Waals surface area (Å²) in [6.07, 6.45) is 1.80. The van der Waals surface area contributed by atoms with Crippen molar-refractivity contribution in [3.63, 3.8) is 0 Å². The summed E-state index contributed by atoms with van der Waals surface area (Å²) >= 11 is 0. The summed E-state index contributed by atoms with van der Waals surface area (Å²) in [5.74, 6) is 1.46. The fourth-order valence-electron chi connectivity index (χ4n) is 3.47. The highest BCUT2D eigenvalue weighted by Gasteiger charge is 2.48. The van der Waals surface area contributed by atoms with E-state index in [0.29, 0.717) is 0 Å². The molecule has 1 N–H and O–H groups in total. The van der Waals surface area contributed by atoms with Crippen LogP contribution >= 0.6 is 0 Å². The van der Waals surface area contributed by atoms with E-state index in [1.165, 1.54) is 0 Å². The molecule has 0 unspecified atom stereocenters. The van der Waals surface area contributed by atoms with E-state index in [9.17, 15) is 5.11 Å². The van der Waals surface area contributed by atoms with Gasteiger partial charge in [-0.3, -0.25) is 0 Å². The van der Waals surface area contributed by atoms with Gasteiger partial charge in [0.25, 0.3) is 0 Å². The van der Waals surface area contributed by atoms with Crippen molar-refractivity contribution in [3.05, 3.63) is 23.8 Å². The molecule has 1 fully saturated rings. The number of likely N-dealkylation sites (tertiary alicyclic amines) is 1. The highest BCUT2D eigenvalue weighted by Crippen LogP contribution is 2.49. The van der Waals surface area contributed by atoms with Crippen molar-refractivity contribution in [2.45, 2.75) is 37.7 Å². The summed E-state index contributed by atoms with van der Waals surface area (Å²) in [7, 11) is 5.43. The molecular weight excluding hydrogens is 266 g/mol. The van der Waals surface area contributed by atoms with Gasteiger partial charge in [-0.15, -0.1) is 0 Å². The minimum absolute atomic E-state index is 0.320. The van der Waals surface area contributed by atoms with Crippen molar-refractivity contribution < 1.29 is 14.6 Å². The predicted molar refractivity (Wildman–Crippen MR) is 84.3 cm³/mol. The first kappa shape index (κ1) is 16.1. The molecule has 0 atom stereocenters. The molecule has 0 saturated carbocycles. The van der Waals surface area contributed by atoms with Crippen LogP contribution in [0.2, 0.25) is 0 Å². The molecular formula is C17H27NO3. The van der Waals surface area contributed by atoms with E-state index in [4.69, 9.17) is 9.47 Å². The molecule has 0 spiro atoms. The zero-order valence-corrected chi connectivity index (χ0v) is 13.8. The predicted octanol–water partition coefficient (Wildman–Crippen LogP) is 2.44. The Balaban J connectivity index is 2.58. The van der Waals surface area contributed by atoms with Gasteiger partial charge >= 0.3 is 0 Å². The lowest BCUT2D eigenvalue weighted by Gasteiger charge is -2.49. The number of methoxy groups -OCH3 is 2. The third-order valence-corrected chi connectivity index (χ3v) is 4.93. The van der Waals surface area contributed by atoms with Crippen LogP contribution in [0.3, 0.4) is 0 Å². The molecule has 4 heteroatoms. The van der Waals surface area contributed by atoms with Gasteiger partial charge in [0.2, 0.25) is 0 Å². The molecule has 0 amide bonds. The first-order valence-electron chi connectivity index (χ1n) is 7.48. The van der Waals surface area contributed by atoms with Gasteiger partial charge in [-0.25, -0.2) is 0 Å². The van der Waals surface area contributed by atoms with Gasteiger partial charge in [-0.1, -0.05) is 12.1 Å². The summed E-state index contributed by atoms with van der Waals surface area (Å²) in [4.78, 5) is 2.30. The standard InChI is InChI=1S/C17H27NO3/c1-16(2,19)17(9-11-18(3)12-10-17)13-7-6-8-14(20-4)15(13)21-5/h6-8,19H,9-12H2,1-5H3. The van der Waals surface area contributed by atoms with Crippen LogP contribution in [-0.2, 0) is 5.41 Å². The lowest BCUT2D eigenvalue weighted by molar-refractivity contribution is -0.0372. The van der Waals surface area contributed by atoms with Gasteiger partial charge in [-0.05, 0) is 52.9 Å². The normalized spacial score (nSPS) is 19.3. The number of hydrogen-bond donors (Lipinski definition) is 1. The van der Waals surface area contributed by atoms with E-state index in [1.807, 2.05) is 26.0 Å². The maximum absolute atomic E-state index is 10.9. The van der Waals surface area contributed by atoms with Crippen molar-refractivity contribution in [2.24, 2.45) is 0 Å². The first-order chi connectivity index (χ1) is 9.85. The molecule has 118 valence electrons. The van der Waals surface area contributed by atoms with Crippen LogP contribution in [0, 0.1) is 0 Å². The highest BCUT2D eigenvalue weighted by molar-refractivity contribution is 5.51. The molecule has 1 saturated heterocycles. The van der Waals surface area contributed by atoms with Crippen molar-refractivity contribution >= 4 is 0 Å². The number of ether oxygens (including phenoxy) is 2. The summed E-state index contributed by atoms with van der Waals surface area (Å²) in [5, 5.41) is 10.9. The minimum atomic E-state index is -0.825.